The Morgan fingerprint density at radius 2 is 1.86 bits per heavy atom. The number of rotatable bonds is 6. The summed E-state index contributed by atoms with van der Waals surface area (Å²) in [6.07, 6.45) is 3.01. The topological polar surface area (TPSA) is 24.5 Å². The standard InChI is InChI=1S/C16H24N2O.2ClH/c1-3-5-16(18-12-10-17-11-13-18)14-6-8-15(9-7-14)19-4-2;;/h3,6-9,16-17H,1,4-5,10-13H2,2H3;2*1H/t16-;;/m0../s1. The molecular formula is C16H26Cl2N2O. The van der Waals surface area contributed by atoms with Gasteiger partial charge in [-0.25, -0.2) is 0 Å². The summed E-state index contributed by atoms with van der Waals surface area (Å²) in [5.41, 5.74) is 1.35. The minimum absolute atomic E-state index is 0. The van der Waals surface area contributed by atoms with E-state index in [-0.39, 0.29) is 24.8 Å². The summed E-state index contributed by atoms with van der Waals surface area (Å²) in [5.74, 6) is 0.948. The van der Waals surface area contributed by atoms with E-state index < -0.39 is 0 Å². The SMILES string of the molecule is C=CC[C@@H](c1ccc(OCC)cc1)N1CCNCC1.Cl.Cl. The molecule has 1 N–H and O–H groups in total. The van der Waals surface area contributed by atoms with Crippen molar-refractivity contribution in [3.05, 3.63) is 42.5 Å². The van der Waals surface area contributed by atoms with Gasteiger partial charge in [0.15, 0.2) is 0 Å². The van der Waals surface area contributed by atoms with Crippen molar-refractivity contribution >= 4 is 24.8 Å². The van der Waals surface area contributed by atoms with Crippen LogP contribution >= 0.6 is 24.8 Å². The lowest BCUT2D eigenvalue weighted by molar-refractivity contribution is 0.174. The van der Waals surface area contributed by atoms with Crippen LogP contribution in [-0.4, -0.2) is 37.7 Å². The van der Waals surface area contributed by atoms with Gasteiger partial charge in [0.2, 0.25) is 0 Å². The van der Waals surface area contributed by atoms with Gasteiger partial charge in [0, 0.05) is 32.2 Å². The third kappa shape index (κ3) is 5.87. The van der Waals surface area contributed by atoms with Crippen LogP contribution in [0.4, 0.5) is 0 Å². The monoisotopic (exact) mass is 332 g/mol. The number of halogens is 2. The number of benzene rings is 1. The molecule has 0 saturated carbocycles. The maximum Gasteiger partial charge on any atom is 0.119 e. The van der Waals surface area contributed by atoms with Crippen LogP contribution in [0, 0.1) is 0 Å². The lowest BCUT2D eigenvalue weighted by Gasteiger charge is -2.34. The summed E-state index contributed by atoms with van der Waals surface area (Å²) >= 11 is 0. The highest BCUT2D eigenvalue weighted by molar-refractivity contribution is 5.85. The summed E-state index contributed by atoms with van der Waals surface area (Å²) in [5, 5.41) is 3.40. The summed E-state index contributed by atoms with van der Waals surface area (Å²) in [6.45, 7) is 11.0. The van der Waals surface area contributed by atoms with Crippen LogP contribution in [0.25, 0.3) is 0 Å². The Kier molecular flexibility index (Phi) is 10.5. The van der Waals surface area contributed by atoms with Crippen LogP contribution in [0.3, 0.4) is 0 Å². The van der Waals surface area contributed by atoms with Gasteiger partial charge in [-0.05, 0) is 31.0 Å². The highest BCUT2D eigenvalue weighted by atomic mass is 35.5. The van der Waals surface area contributed by atoms with Crippen LogP contribution in [0.2, 0.25) is 0 Å². The Labute approximate surface area is 140 Å². The van der Waals surface area contributed by atoms with Crippen LogP contribution in [-0.2, 0) is 0 Å². The Morgan fingerprint density at radius 3 is 2.38 bits per heavy atom. The minimum atomic E-state index is 0. The lowest BCUT2D eigenvalue weighted by Crippen LogP contribution is -2.45. The van der Waals surface area contributed by atoms with Crippen molar-refractivity contribution in [2.45, 2.75) is 19.4 Å². The second-order valence-electron chi connectivity index (χ2n) is 4.83. The van der Waals surface area contributed by atoms with Crippen molar-refractivity contribution in [1.82, 2.24) is 10.2 Å². The Balaban J connectivity index is 0.00000200. The van der Waals surface area contributed by atoms with Crippen molar-refractivity contribution in [2.24, 2.45) is 0 Å². The number of ether oxygens (including phenoxy) is 1. The smallest absolute Gasteiger partial charge is 0.119 e. The molecule has 120 valence electrons. The van der Waals surface area contributed by atoms with Gasteiger partial charge in [-0.15, -0.1) is 31.4 Å². The molecule has 0 bridgehead atoms. The zero-order valence-electron chi connectivity index (χ0n) is 12.6. The number of piperazine rings is 1. The third-order valence-corrected chi connectivity index (χ3v) is 3.56. The lowest BCUT2D eigenvalue weighted by atomic mass is 10.0. The molecule has 21 heavy (non-hydrogen) atoms. The van der Waals surface area contributed by atoms with E-state index in [1.807, 2.05) is 13.0 Å². The van der Waals surface area contributed by atoms with Gasteiger partial charge in [-0.3, -0.25) is 4.90 Å². The van der Waals surface area contributed by atoms with E-state index in [9.17, 15) is 0 Å². The Bertz CT molecular complexity index is 392. The Hall–Kier alpha value is -0.740. The fourth-order valence-corrected chi connectivity index (χ4v) is 2.60. The predicted octanol–water partition coefficient (Wildman–Crippen LogP) is 3.45. The van der Waals surface area contributed by atoms with Crippen molar-refractivity contribution < 1.29 is 4.74 Å². The van der Waals surface area contributed by atoms with E-state index in [4.69, 9.17) is 4.74 Å². The normalized spacial score (nSPS) is 16.2. The second kappa shape index (κ2) is 10.9. The maximum atomic E-state index is 5.50. The predicted molar refractivity (Wildman–Crippen MR) is 94.1 cm³/mol. The molecule has 0 amide bonds. The molecule has 1 atom stereocenters. The molecule has 1 aliphatic heterocycles. The van der Waals surface area contributed by atoms with Crippen LogP contribution in [0.5, 0.6) is 5.75 Å². The zero-order valence-corrected chi connectivity index (χ0v) is 14.2. The largest absolute Gasteiger partial charge is 0.494 e. The molecule has 1 aliphatic rings. The molecule has 1 saturated heterocycles. The molecule has 1 aromatic rings. The molecule has 5 heteroatoms. The van der Waals surface area contributed by atoms with Crippen LogP contribution < -0.4 is 10.1 Å². The third-order valence-electron chi connectivity index (χ3n) is 3.56. The first kappa shape index (κ1) is 20.3. The Morgan fingerprint density at radius 1 is 1.24 bits per heavy atom. The average molecular weight is 333 g/mol. The van der Waals surface area contributed by atoms with E-state index >= 15 is 0 Å². The van der Waals surface area contributed by atoms with E-state index in [0.717, 1.165) is 38.3 Å². The number of nitrogens with one attached hydrogen (secondary N) is 1. The fourth-order valence-electron chi connectivity index (χ4n) is 2.60. The molecule has 1 aromatic carbocycles. The molecule has 0 unspecified atom stereocenters. The first-order valence-electron chi connectivity index (χ1n) is 7.13. The van der Waals surface area contributed by atoms with Crippen LogP contribution in [0.1, 0.15) is 24.9 Å². The molecule has 0 aromatic heterocycles. The van der Waals surface area contributed by atoms with Gasteiger partial charge in [0.05, 0.1) is 6.61 Å². The van der Waals surface area contributed by atoms with Crippen LogP contribution in [0.15, 0.2) is 36.9 Å². The van der Waals surface area contributed by atoms with Gasteiger partial charge >= 0.3 is 0 Å². The highest BCUT2D eigenvalue weighted by Crippen LogP contribution is 2.26. The summed E-state index contributed by atoms with van der Waals surface area (Å²) in [7, 11) is 0. The van der Waals surface area contributed by atoms with Gasteiger partial charge in [0.25, 0.3) is 0 Å². The number of nitrogens with zero attached hydrogens (tertiary/aromatic N) is 1. The summed E-state index contributed by atoms with van der Waals surface area (Å²) in [6, 6.07) is 8.94. The maximum absolute atomic E-state index is 5.50. The van der Waals surface area contributed by atoms with Crippen molar-refractivity contribution in [1.29, 1.82) is 0 Å². The van der Waals surface area contributed by atoms with E-state index in [2.05, 4.69) is 41.1 Å². The van der Waals surface area contributed by atoms with Crippen molar-refractivity contribution in [3.8, 4) is 5.75 Å². The number of hydrogen-bond donors (Lipinski definition) is 1. The van der Waals surface area contributed by atoms with E-state index in [1.165, 1.54) is 5.56 Å². The molecular weight excluding hydrogens is 307 g/mol. The van der Waals surface area contributed by atoms with E-state index in [0.29, 0.717) is 12.6 Å². The average Bonchev–Trinajstić information content (AvgIpc) is 2.47. The van der Waals surface area contributed by atoms with Gasteiger partial charge in [-0.2, -0.15) is 0 Å². The van der Waals surface area contributed by atoms with Gasteiger partial charge in [-0.1, -0.05) is 18.2 Å². The molecule has 1 heterocycles. The van der Waals surface area contributed by atoms with E-state index in [1.54, 1.807) is 0 Å². The molecule has 2 rings (SSSR count). The van der Waals surface area contributed by atoms with Crippen molar-refractivity contribution in [3.63, 3.8) is 0 Å². The molecule has 1 fully saturated rings. The first-order valence-corrected chi connectivity index (χ1v) is 7.13. The minimum Gasteiger partial charge on any atom is -0.494 e. The summed E-state index contributed by atoms with van der Waals surface area (Å²) < 4.78 is 5.50. The molecule has 0 radical (unpaired) electrons. The van der Waals surface area contributed by atoms with Gasteiger partial charge in [0.1, 0.15) is 5.75 Å². The molecule has 0 aliphatic carbocycles. The summed E-state index contributed by atoms with van der Waals surface area (Å²) in [4.78, 5) is 2.54. The molecule has 3 nitrogen and oxygen atoms in total. The fraction of sp³-hybridized carbons (Fsp3) is 0.500. The second-order valence-corrected chi connectivity index (χ2v) is 4.83. The highest BCUT2D eigenvalue weighted by Gasteiger charge is 2.20. The van der Waals surface area contributed by atoms with Crippen molar-refractivity contribution in [2.75, 3.05) is 32.8 Å². The zero-order chi connectivity index (χ0) is 13.5. The number of hydrogen-bond acceptors (Lipinski definition) is 3. The molecule has 0 spiro atoms. The first-order chi connectivity index (χ1) is 9.35. The quantitative estimate of drug-likeness (QED) is 0.807. The van der Waals surface area contributed by atoms with Gasteiger partial charge < -0.3 is 10.1 Å².